The van der Waals surface area contributed by atoms with Gasteiger partial charge in [0.05, 0.1) is 18.8 Å². The number of ether oxygens (including phenoxy) is 2. The van der Waals surface area contributed by atoms with Crippen LogP contribution >= 0.6 is 0 Å². The van der Waals surface area contributed by atoms with Crippen molar-refractivity contribution in [3.63, 3.8) is 0 Å². The molecule has 80 valence electrons. The van der Waals surface area contributed by atoms with E-state index in [1.165, 1.54) is 0 Å². The van der Waals surface area contributed by atoms with E-state index in [1.807, 2.05) is 0 Å². The van der Waals surface area contributed by atoms with Crippen molar-refractivity contribution in [1.29, 1.82) is 0 Å². The van der Waals surface area contributed by atoms with Gasteiger partial charge in [0.2, 0.25) is 0 Å². The summed E-state index contributed by atoms with van der Waals surface area (Å²) in [7, 11) is 0. The fourth-order valence-corrected chi connectivity index (χ4v) is 3.61. The molecule has 1 saturated heterocycles. The summed E-state index contributed by atoms with van der Waals surface area (Å²) in [5.41, 5.74) is -0.484. The molecule has 1 aliphatic heterocycles. The SMILES string of the molecule is O[C@@]12CCCC1C1(CCC2)OCCO1. The van der Waals surface area contributed by atoms with Gasteiger partial charge >= 0.3 is 0 Å². The van der Waals surface area contributed by atoms with Crippen molar-refractivity contribution in [1.82, 2.24) is 0 Å². The van der Waals surface area contributed by atoms with E-state index in [-0.39, 0.29) is 5.92 Å². The molecule has 1 heterocycles. The lowest BCUT2D eigenvalue weighted by molar-refractivity contribution is -0.253. The van der Waals surface area contributed by atoms with Gasteiger partial charge in [0.25, 0.3) is 0 Å². The molecule has 1 spiro atoms. The van der Waals surface area contributed by atoms with Crippen LogP contribution in [0, 0.1) is 5.92 Å². The van der Waals surface area contributed by atoms with E-state index in [0.29, 0.717) is 13.2 Å². The van der Waals surface area contributed by atoms with E-state index in [2.05, 4.69) is 0 Å². The molecule has 0 radical (unpaired) electrons. The van der Waals surface area contributed by atoms with Crippen molar-refractivity contribution in [2.24, 2.45) is 5.92 Å². The van der Waals surface area contributed by atoms with Crippen molar-refractivity contribution in [2.75, 3.05) is 13.2 Å². The lowest BCUT2D eigenvalue weighted by atomic mass is 9.73. The van der Waals surface area contributed by atoms with Crippen LogP contribution in [0.4, 0.5) is 0 Å². The molecule has 0 bridgehead atoms. The van der Waals surface area contributed by atoms with Crippen LogP contribution in [0.3, 0.4) is 0 Å². The highest BCUT2D eigenvalue weighted by Crippen LogP contribution is 2.53. The zero-order chi connectivity index (χ0) is 9.65. The highest BCUT2D eigenvalue weighted by molar-refractivity contribution is 5.04. The van der Waals surface area contributed by atoms with Crippen LogP contribution in [0.2, 0.25) is 0 Å². The molecule has 3 fully saturated rings. The molecule has 1 N–H and O–H groups in total. The maximum Gasteiger partial charge on any atom is 0.174 e. The van der Waals surface area contributed by atoms with E-state index in [9.17, 15) is 5.11 Å². The molecule has 2 saturated carbocycles. The summed E-state index contributed by atoms with van der Waals surface area (Å²) in [6.07, 6.45) is 6.07. The Bertz CT molecular complexity index is 235. The first-order valence-electron chi connectivity index (χ1n) is 5.76. The number of hydrogen-bond acceptors (Lipinski definition) is 3. The van der Waals surface area contributed by atoms with E-state index in [0.717, 1.165) is 38.5 Å². The summed E-state index contributed by atoms with van der Waals surface area (Å²) in [6.45, 7) is 1.40. The molecular weight excluding hydrogens is 180 g/mol. The van der Waals surface area contributed by atoms with Gasteiger partial charge in [-0.2, -0.15) is 0 Å². The van der Waals surface area contributed by atoms with Gasteiger partial charge in [-0.15, -0.1) is 0 Å². The number of hydrogen-bond donors (Lipinski definition) is 1. The smallest absolute Gasteiger partial charge is 0.174 e. The Balaban J connectivity index is 1.91. The Hall–Kier alpha value is -0.120. The summed E-state index contributed by atoms with van der Waals surface area (Å²) in [5.74, 6) is -0.185. The van der Waals surface area contributed by atoms with Crippen LogP contribution < -0.4 is 0 Å². The maximum atomic E-state index is 10.5. The van der Waals surface area contributed by atoms with Crippen molar-refractivity contribution in [2.45, 2.75) is 49.9 Å². The molecule has 3 heteroatoms. The average molecular weight is 198 g/mol. The first kappa shape index (κ1) is 9.13. The topological polar surface area (TPSA) is 38.7 Å². The van der Waals surface area contributed by atoms with Crippen LogP contribution in [-0.2, 0) is 9.47 Å². The quantitative estimate of drug-likeness (QED) is 0.640. The van der Waals surface area contributed by atoms with E-state index in [1.54, 1.807) is 0 Å². The monoisotopic (exact) mass is 198 g/mol. The Morgan fingerprint density at radius 1 is 1.00 bits per heavy atom. The van der Waals surface area contributed by atoms with Gasteiger partial charge in [-0.3, -0.25) is 0 Å². The van der Waals surface area contributed by atoms with Gasteiger partial charge in [0.15, 0.2) is 5.79 Å². The highest BCUT2D eigenvalue weighted by Gasteiger charge is 2.58. The van der Waals surface area contributed by atoms with E-state index < -0.39 is 11.4 Å². The van der Waals surface area contributed by atoms with Gasteiger partial charge in [-0.1, -0.05) is 0 Å². The maximum absolute atomic E-state index is 10.5. The number of fused-ring (bicyclic) bond motifs is 2. The lowest BCUT2D eigenvalue weighted by Gasteiger charge is -2.45. The minimum atomic E-state index is -0.484. The van der Waals surface area contributed by atoms with Crippen LogP contribution in [0.15, 0.2) is 0 Å². The van der Waals surface area contributed by atoms with Gasteiger partial charge in [-0.05, 0) is 32.1 Å². The molecule has 2 atom stereocenters. The van der Waals surface area contributed by atoms with Gasteiger partial charge in [0, 0.05) is 12.3 Å². The zero-order valence-corrected chi connectivity index (χ0v) is 8.50. The molecule has 1 unspecified atom stereocenters. The largest absolute Gasteiger partial charge is 0.389 e. The van der Waals surface area contributed by atoms with Crippen molar-refractivity contribution in [3.05, 3.63) is 0 Å². The van der Waals surface area contributed by atoms with Crippen molar-refractivity contribution < 1.29 is 14.6 Å². The van der Waals surface area contributed by atoms with Gasteiger partial charge < -0.3 is 14.6 Å². The first-order chi connectivity index (χ1) is 6.75. The van der Waals surface area contributed by atoms with Crippen molar-refractivity contribution >= 4 is 0 Å². The minimum absolute atomic E-state index is 0.228. The van der Waals surface area contributed by atoms with Crippen LogP contribution in [-0.4, -0.2) is 29.7 Å². The predicted octanol–water partition coefficient (Wildman–Crippen LogP) is 1.44. The normalized spacial score (nSPS) is 45.6. The second kappa shape index (κ2) is 2.94. The van der Waals surface area contributed by atoms with Crippen LogP contribution in [0.25, 0.3) is 0 Å². The average Bonchev–Trinajstić information content (AvgIpc) is 2.73. The molecule has 3 nitrogen and oxygen atoms in total. The van der Waals surface area contributed by atoms with Crippen molar-refractivity contribution in [3.8, 4) is 0 Å². The Kier molecular flexibility index (Phi) is 1.92. The summed E-state index contributed by atoms with van der Waals surface area (Å²) in [5, 5.41) is 10.5. The van der Waals surface area contributed by atoms with Crippen LogP contribution in [0.5, 0.6) is 0 Å². The fourth-order valence-electron chi connectivity index (χ4n) is 3.61. The second-order valence-corrected chi connectivity index (χ2v) is 4.91. The molecule has 0 aromatic heterocycles. The molecule has 0 aromatic rings. The summed E-state index contributed by atoms with van der Waals surface area (Å²) >= 11 is 0. The van der Waals surface area contributed by atoms with E-state index >= 15 is 0 Å². The third-order valence-electron chi connectivity index (χ3n) is 4.19. The van der Waals surface area contributed by atoms with E-state index in [4.69, 9.17) is 9.47 Å². The predicted molar refractivity (Wildman–Crippen MR) is 50.8 cm³/mol. The standard InChI is InChI=1S/C11H18O3/c12-10-4-1-3-9(10)11(6-2-5-10)13-7-8-14-11/h9,12H,1-8H2/t9?,10-/m1/s1. The molecular formula is C11H18O3. The summed E-state index contributed by atoms with van der Waals surface area (Å²) in [4.78, 5) is 0. The molecule has 0 aromatic carbocycles. The minimum Gasteiger partial charge on any atom is -0.389 e. The fraction of sp³-hybridized carbons (Fsp3) is 1.00. The second-order valence-electron chi connectivity index (χ2n) is 4.91. The Labute approximate surface area is 84.4 Å². The third kappa shape index (κ3) is 1.09. The van der Waals surface area contributed by atoms with Gasteiger partial charge in [0.1, 0.15) is 0 Å². The third-order valence-corrected chi connectivity index (χ3v) is 4.19. The summed E-state index contributed by atoms with van der Waals surface area (Å²) < 4.78 is 11.6. The van der Waals surface area contributed by atoms with Crippen LogP contribution in [0.1, 0.15) is 38.5 Å². The molecule has 2 aliphatic carbocycles. The zero-order valence-electron chi connectivity index (χ0n) is 8.50. The Morgan fingerprint density at radius 3 is 2.50 bits per heavy atom. The molecule has 3 aliphatic rings. The number of rotatable bonds is 0. The number of aliphatic hydroxyl groups is 1. The Morgan fingerprint density at radius 2 is 1.71 bits per heavy atom. The molecule has 0 amide bonds. The van der Waals surface area contributed by atoms with Gasteiger partial charge in [-0.25, -0.2) is 0 Å². The molecule has 3 rings (SSSR count). The summed E-state index contributed by atoms with van der Waals surface area (Å²) in [6, 6.07) is 0. The molecule has 14 heavy (non-hydrogen) atoms. The highest BCUT2D eigenvalue weighted by atomic mass is 16.7. The lowest BCUT2D eigenvalue weighted by Crippen LogP contribution is -2.53. The first-order valence-corrected chi connectivity index (χ1v) is 5.76.